The fourth-order valence-corrected chi connectivity index (χ4v) is 2.23. The smallest absolute Gasteiger partial charge is 0.127 e. The summed E-state index contributed by atoms with van der Waals surface area (Å²) in [6.45, 7) is 0.546. The second-order valence-corrected chi connectivity index (χ2v) is 5.09. The third kappa shape index (κ3) is 2.19. The third-order valence-electron chi connectivity index (χ3n) is 2.85. The maximum atomic E-state index is 6.09. The Bertz CT molecular complexity index is 413. The normalized spacial score (nSPS) is 15.0. The van der Waals surface area contributed by atoms with Crippen LogP contribution in [0.1, 0.15) is 30.3 Å². The van der Waals surface area contributed by atoms with Gasteiger partial charge in [-0.05, 0) is 24.9 Å². The van der Waals surface area contributed by atoms with E-state index in [9.17, 15) is 0 Å². The van der Waals surface area contributed by atoms with Crippen LogP contribution in [0.15, 0.2) is 0 Å². The van der Waals surface area contributed by atoms with Crippen molar-refractivity contribution >= 4 is 17.6 Å². The van der Waals surface area contributed by atoms with Crippen molar-refractivity contribution in [2.75, 3.05) is 17.7 Å². The molecule has 1 fully saturated rings. The minimum absolute atomic E-state index is 0.546. The number of anilines is 1. The summed E-state index contributed by atoms with van der Waals surface area (Å²) in [5.41, 5.74) is 7.11. The Hall–Kier alpha value is -1.08. The molecule has 2 rings (SSSR count). The summed E-state index contributed by atoms with van der Waals surface area (Å²) < 4.78 is 2.01. The van der Waals surface area contributed by atoms with E-state index in [1.807, 2.05) is 16.3 Å². The first-order valence-electron chi connectivity index (χ1n) is 5.55. The summed E-state index contributed by atoms with van der Waals surface area (Å²) in [7, 11) is 0. The fraction of sp³-hybridized carbons (Fsp3) is 0.583. The van der Waals surface area contributed by atoms with E-state index >= 15 is 0 Å². The summed E-state index contributed by atoms with van der Waals surface area (Å²) in [6, 6.07) is 0. The Labute approximate surface area is 101 Å². The zero-order valence-corrected chi connectivity index (χ0v) is 10.4. The van der Waals surface area contributed by atoms with Crippen LogP contribution in [0.25, 0.3) is 0 Å². The average molecular weight is 235 g/mol. The molecule has 1 heterocycles. The molecule has 0 amide bonds. The molecule has 3 nitrogen and oxygen atoms in total. The van der Waals surface area contributed by atoms with Crippen LogP contribution in [0.3, 0.4) is 0 Å². The van der Waals surface area contributed by atoms with Gasteiger partial charge in [0.15, 0.2) is 0 Å². The monoisotopic (exact) mass is 235 g/mol. The van der Waals surface area contributed by atoms with Crippen molar-refractivity contribution in [2.24, 2.45) is 0 Å². The Kier molecular flexibility index (Phi) is 3.45. The number of nitrogen functional groups attached to an aromatic ring is 1. The predicted octanol–water partition coefficient (Wildman–Crippen LogP) is 1.88. The molecule has 1 aromatic heterocycles. The van der Waals surface area contributed by atoms with Crippen LogP contribution in [0, 0.1) is 12.3 Å². The van der Waals surface area contributed by atoms with Gasteiger partial charge in [0, 0.05) is 12.3 Å². The van der Waals surface area contributed by atoms with Gasteiger partial charge in [-0.2, -0.15) is 11.8 Å². The van der Waals surface area contributed by atoms with E-state index in [1.54, 1.807) is 0 Å². The number of aromatic nitrogens is 2. The summed E-state index contributed by atoms with van der Waals surface area (Å²) >= 11 is 1.81. The lowest BCUT2D eigenvalue weighted by atomic mass is 10.3. The summed E-state index contributed by atoms with van der Waals surface area (Å²) in [6.07, 6.45) is 10.8. The number of nitrogens with two attached hydrogens (primary N) is 1. The molecule has 0 aliphatic heterocycles. The summed E-state index contributed by atoms with van der Waals surface area (Å²) in [5.74, 6) is 6.18. The molecule has 1 saturated carbocycles. The molecular weight excluding hydrogens is 218 g/mol. The van der Waals surface area contributed by atoms with Gasteiger partial charge in [-0.15, -0.1) is 6.42 Å². The van der Waals surface area contributed by atoms with Gasteiger partial charge in [-0.1, -0.05) is 5.92 Å². The number of hydrogen-bond acceptors (Lipinski definition) is 3. The molecule has 0 unspecified atom stereocenters. The number of rotatable bonds is 5. The van der Waals surface area contributed by atoms with Crippen molar-refractivity contribution in [2.45, 2.75) is 31.7 Å². The van der Waals surface area contributed by atoms with Crippen LogP contribution >= 0.6 is 11.8 Å². The molecule has 0 bridgehead atoms. The van der Waals surface area contributed by atoms with Crippen LogP contribution in [-0.4, -0.2) is 21.6 Å². The standard InChI is InChI=1S/C12H17N3S/c1-3-7-15-11(13)10(6-8-16-2)14-12(15)9-4-5-9/h1,9H,4-8,13H2,2H3. The molecule has 4 heteroatoms. The fourth-order valence-electron chi connectivity index (χ4n) is 1.83. The molecule has 0 aromatic carbocycles. The van der Waals surface area contributed by atoms with Gasteiger partial charge in [-0.25, -0.2) is 4.98 Å². The van der Waals surface area contributed by atoms with Crippen molar-refractivity contribution < 1.29 is 0 Å². The minimum Gasteiger partial charge on any atom is -0.384 e. The molecule has 0 saturated heterocycles. The molecule has 2 N–H and O–H groups in total. The third-order valence-corrected chi connectivity index (χ3v) is 3.46. The molecule has 86 valence electrons. The SMILES string of the molecule is C#CCn1c(C2CC2)nc(CCSC)c1N. The first-order chi connectivity index (χ1) is 7.77. The van der Waals surface area contributed by atoms with Gasteiger partial charge in [0.05, 0.1) is 12.2 Å². The van der Waals surface area contributed by atoms with Gasteiger partial charge >= 0.3 is 0 Å². The molecular formula is C12H17N3S. The van der Waals surface area contributed by atoms with E-state index in [0.717, 1.165) is 29.5 Å². The predicted molar refractivity (Wildman–Crippen MR) is 69.5 cm³/mol. The molecule has 16 heavy (non-hydrogen) atoms. The Morgan fingerprint density at radius 3 is 2.94 bits per heavy atom. The van der Waals surface area contributed by atoms with Crippen molar-refractivity contribution in [3.05, 3.63) is 11.5 Å². The first kappa shape index (κ1) is 11.4. The number of aryl methyl sites for hydroxylation is 1. The number of terminal acetylenes is 1. The van der Waals surface area contributed by atoms with E-state index in [4.69, 9.17) is 12.2 Å². The Balaban J connectivity index is 2.26. The van der Waals surface area contributed by atoms with E-state index in [1.165, 1.54) is 12.8 Å². The topological polar surface area (TPSA) is 43.8 Å². The minimum atomic E-state index is 0.546. The van der Waals surface area contributed by atoms with Crippen LogP contribution < -0.4 is 5.73 Å². The highest BCUT2D eigenvalue weighted by molar-refractivity contribution is 7.98. The zero-order chi connectivity index (χ0) is 11.5. The van der Waals surface area contributed by atoms with Crippen LogP contribution in [0.2, 0.25) is 0 Å². The molecule has 1 aromatic rings. The van der Waals surface area contributed by atoms with Crippen molar-refractivity contribution in [3.8, 4) is 12.3 Å². The number of nitrogens with zero attached hydrogens (tertiary/aromatic N) is 2. The number of thioether (sulfide) groups is 1. The van der Waals surface area contributed by atoms with Gasteiger partial charge < -0.3 is 10.3 Å². The Morgan fingerprint density at radius 2 is 2.38 bits per heavy atom. The first-order valence-corrected chi connectivity index (χ1v) is 6.94. The van der Waals surface area contributed by atoms with E-state index in [2.05, 4.69) is 17.2 Å². The van der Waals surface area contributed by atoms with Crippen molar-refractivity contribution in [3.63, 3.8) is 0 Å². The molecule has 1 aliphatic rings. The second-order valence-electron chi connectivity index (χ2n) is 4.11. The van der Waals surface area contributed by atoms with Crippen molar-refractivity contribution in [1.29, 1.82) is 0 Å². The highest BCUT2D eigenvalue weighted by atomic mass is 32.2. The van der Waals surface area contributed by atoms with Crippen LogP contribution in [0.4, 0.5) is 5.82 Å². The van der Waals surface area contributed by atoms with Crippen LogP contribution in [-0.2, 0) is 13.0 Å². The zero-order valence-electron chi connectivity index (χ0n) is 9.57. The lowest BCUT2D eigenvalue weighted by Crippen LogP contribution is -2.06. The summed E-state index contributed by atoms with van der Waals surface area (Å²) in [4.78, 5) is 4.66. The van der Waals surface area contributed by atoms with Gasteiger partial charge in [0.25, 0.3) is 0 Å². The van der Waals surface area contributed by atoms with E-state index in [0.29, 0.717) is 12.5 Å². The van der Waals surface area contributed by atoms with E-state index in [-0.39, 0.29) is 0 Å². The number of hydrogen-bond donors (Lipinski definition) is 1. The van der Waals surface area contributed by atoms with Gasteiger partial charge in [0.2, 0.25) is 0 Å². The van der Waals surface area contributed by atoms with Gasteiger partial charge in [0.1, 0.15) is 11.6 Å². The lowest BCUT2D eigenvalue weighted by molar-refractivity contribution is 0.762. The summed E-state index contributed by atoms with van der Waals surface area (Å²) in [5, 5.41) is 0. The maximum absolute atomic E-state index is 6.09. The maximum Gasteiger partial charge on any atom is 0.127 e. The Morgan fingerprint density at radius 1 is 1.62 bits per heavy atom. The van der Waals surface area contributed by atoms with E-state index < -0.39 is 0 Å². The highest BCUT2D eigenvalue weighted by Gasteiger charge is 2.30. The van der Waals surface area contributed by atoms with Crippen LogP contribution in [0.5, 0.6) is 0 Å². The average Bonchev–Trinajstić information content (AvgIpc) is 3.06. The quantitative estimate of drug-likeness (QED) is 0.793. The molecule has 0 radical (unpaired) electrons. The van der Waals surface area contributed by atoms with Crippen molar-refractivity contribution in [1.82, 2.24) is 9.55 Å². The molecule has 0 spiro atoms. The van der Waals surface area contributed by atoms with Gasteiger partial charge in [-0.3, -0.25) is 0 Å². The highest BCUT2D eigenvalue weighted by Crippen LogP contribution is 2.40. The number of imidazole rings is 1. The molecule has 1 aliphatic carbocycles. The lowest BCUT2D eigenvalue weighted by Gasteiger charge is -2.04. The second kappa shape index (κ2) is 4.84. The molecule has 0 atom stereocenters. The largest absolute Gasteiger partial charge is 0.384 e.